The van der Waals surface area contributed by atoms with Crippen LogP contribution in [0.4, 0.5) is 14.9 Å². The Balaban J connectivity index is 1.50. The minimum absolute atomic E-state index is 0.0209. The van der Waals surface area contributed by atoms with E-state index >= 15 is 0 Å². The van der Waals surface area contributed by atoms with Crippen molar-refractivity contribution in [3.63, 3.8) is 0 Å². The van der Waals surface area contributed by atoms with Gasteiger partial charge in [0.05, 0.1) is 12.2 Å². The Bertz CT molecular complexity index is 1100. The number of ether oxygens (including phenoxy) is 2. The molecule has 164 valence electrons. The third-order valence-corrected chi connectivity index (χ3v) is 4.98. The van der Waals surface area contributed by atoms with E-state index in [0.29, 0.717) is 42.7 Å². The number of piperidine rings is 1. The van der Waals surface area contributed by atoms with Gasteiger partial charge in [0, 0.05) is 24.8 Å². The number of hydrogen-bond donors (Lipinski definition) is 1. The standard InChI is InChI=1S/C21H25FN6O3/c1-21(2,3)31-20(29)27-8-6-14(7-9-27)28-18-15(11-26-28)19(25-12-24-18)30-17-5-4-13(23)10-16(17)22/h4-5,10-12,14H,6-9,23H2,1-3H3. The van der Waals surface area contributed by atoms with Crippen LogP contribution >= 0.6 is 0 Å². The van der Waals surface area contributed by atoms with Crippen LogP contribution < -0.4 is 10.5 Å². The number of likely N-dealkylation sites (tertiary alicyclic amines) is 1. The highest BCUT2D eigenvalue weighted by Crippen LogP contribution is 2.32. The molecule has 0 spiro atoms. The lowest BCUT2D eigenvalue weighted by Gasteiger charge is -2.33. The molecule has 1 aliphatic heterocycles. The molecule has 0 aliphatic carbocycles. The van der Waals surface area contributed by atoms with E-state index in [9.17, 15) is 9.18 Å². The van der Waals surface area contributed by atoms with Gasteiger partial charge >= 0.3 is 6.09 Å². The number of nitrogens with two attached hydrogens (primary N) is 1. The zero-order chi connectivity index (χ0) is 22.2. The normalized spacial score (nSPS) is 15.3. The first-order valence-corrected chi connectivity index (χ1v) is 10.1. The molecule has 0 radical (unpaired) electrons. The van der Waals surface area contributed by atoms with Crippen LogP contribution in [0.5, 0.6) is 11.6 Å². The van der Waals surface area contributed by atoms with Gasteiger partial charge < -0.3 is 20.1 Å². The summed E-state index contributed by atoms with van der Waals surface area (Å²) in [4.78, 5) is 22.5. The van der Waals surface area contributed by atoms with E-state index in [4.69, 9.17) is 15.2 Å². The van der Waals surface area contributed by atoms with E-state index in [1.807, 2.05) is 25.5 Å². The van der Waals surface area contributed by atoms with Gasteiger partial charge in [-0.25, -0.2) is 23.8 Å². The Kier molecular flexibility index (Phi) is 5.38. The molecule has 3 aromatic rings. The molecule has 1 saturated heterocycles. The zero-order valence-electron chi connectivity index (χ0n) is 17.7. The molecule has 2 aromatic heterocycles. The molecule has 2 N–H and O–H groups in total. The van der Waals surface area contributed by atoms with Crippen molar-refractivity contribution >= 4 is 22.8 Å². The minimum Gasteiger partial charge on any atom is -0.444 e. The van der Waals surface area contributed by atoms with E-state index in [1.165, 1.54) is 18.5 Å². The van der Waals surface area contributed by atoms with Gasteiger partial charge in [-0.2, -0.15) is 5.10 Å². The number of benzene rings is 1. The summed E-state index contributed by atoms with van der Waals surface area (Å²) < 4.78 is 27.1. The smallest absolute Gasteiger partial charge is 0.410 e. The van der Waals surface area contributed by atoms with Gasteiger partial charge in [0.1, 0.15) is 17.3 Å². The van der Waals surface area contributed by atoms with Crippen LogP contribution in [0.1, 0.15) is 39.7 Å². The fourth-order valence-corrected chi connectivity index (χ4v) is 3.51. The summed E-state index contributed by atoms with van der Waals surface area (Å²) in [6.45, 7) is 6.67. The van der Waals surface area contributed by atoms with Gasteiger partial charge in [0.2, 0.25) is 5.88 Å². The summed E-state index contributed by atoms with van der Waals surface area (Å²) >= 11 is 0. The molecular weight excluding hydrogens is 403 g/mol. The van der Waals surface area contributed by atoms with Gasteiger partial charge in [-0.3, -0.25) is 0 Å². The molecule has 0 saturated carbocycles. The molecule has 3 heterocycles. The first kappa shape index (κ1) is 20.8. The topological polar surface area (TPSA) is 108 Å². The largest absolute Gasteiger partial charge is 0.444 e. The van der Waals surface area contributed by atoms with Crippen molar-refractivity contribution in [2.45, 2.75) is 45.3 Å². The second-order valence-corrected chi connectivity index (χ2v) is 8.50. The first-order chi connectivity index (χ1) is 14.7. The quantitative estimate of drug-likeness (QED) is 0.630. The molecule has 1 aliphatic rings. The van der Waals surface area contributed by atoms with Gasteiger partial charge in [0.25, 0.3) is 0 Å². The Morgan fingerprint density at radius 3 is 2.65 bits per heavy atom. The van der Waals surface area contributed by atoms with Crippen molar-refractivity contribution in [3.05, 3.63) is 36.5 Å². The maximum atomic E-state index is 14.1. The number of aromatic nitrogens is 4. The predicted molar refractivity (Wildman–Crippen MR) is 112 cm³/mol. The van der Waals surface area contributed by atoms with Crippen LogP contribution in [-0.4, -0.2) is 49.4 Å². The van der Waals surface area contributed by atoms with E-state index in [1.54, 1.807) is 17.2 Å². The number of carbonyl (C=O) groups excluding carboxylic acids is 1. The van der Waals surface area contributed by atoms with E-state index in [2.05, 4.69) is 15.1 Å². The maximum absolute atomic E-state index is 14.1. The molecule has 0 atom stereocenters. The van der Waals surface area contributed by atoms with E-state index < -0.39 is 11.4 Å². The third kappa shape index (κ3) is 4.52. The molecular formula is C21H25FN6O3. The number of fused-ring (bicyclic) bond motifs is 1. The second-order valence-electron chi connectivity index (χ2n) is 8.50. The van der Waals surface area contributed by atoms with E-state index in [0.717, 1.165) is 0 Å². The number of anilines is 1. The summed E-state index contributed by atoms with van der Waals surface area (Å²) in [7, 11) is 0. The molecule has 9 nitrogen and oxygen atoms in total. The van der Waals surface area contributed by atoms with Crippen LogP contribution in [-0.2, 0) is 4.74 Å². The summed E-state index contributed by atoms with van der Waals surface area (Å²) in [5, 5.41) is 5.05. The Morgan fingerprint density at radius 1 is 1.23 bits per heavy atom. The van der Waals surface area contributed by atoms with Gasteiger partial charge in [0.15, 0.2) is 17.2 Å². The number of carbonyl (C=O) groups is 1. The summed E-state index contributed by atoms with van der Waals surface area (Å²) in [5.74, 6) is -0.340. The molecule has 31 heavy (non-hydrogen) atoms. The van der Waals surface area contributed by atoms with E-state index in [-0.39, 0.29) is 23.8 Å². The second kappa shape index (κ2) is 8.01. The third-order valence-electron chi connectivity index (χ3n) is 4.98. The molecule has 4 rings (SSSR count). The Morgan fingerprint density at radius 2 is 1.97 bits per heavy atom. The highest BCUT2D eigenvalue weighted by Gasteiger charge is 2.29. The number of nitrogens with zero attached hydrogens (tertiary/aromatic N) is 5. The summed E-state index contributed by atoms with van der Waals surface area (Å²) in [5.41, 5.74) is 5.97. The summed E-state index contributed by atoms with van der Waals surface area (Å²) in [6, 6.07) is 4.26. The monoisotopic (exact) mass is 428 g/mol. The first-order valence-electron chi connectivity index (χ1n) is 10.1. The molecule has 0 unspecified atom stereocenters. The van der Waals surface area contributed by atoms with Gasteiger partial charge in [-0.1, -0.05) is 0 Å². The number of hydrogen-bond acceptors (Lipinski definition) is 7. The number of rotatable bonds is 3. The van der Waals surface area contributed by atoms with Crippen molar-refractivity contribution in [1.29, 1.82) is 0 Å². The number of amides is 1. The van der Waals surface area contributed by atoms with Gasteiger partial charge in [-0.05, 0) is 45.7 Å². The predicted octanol–water partition coefficient (Wildman–Crippen LogP) is 3.91. The Hall–Kier alpha value is -3.43. The highest BCUT2D eigenvalue weighted by atomic mass is 19.1. The lowest BCUT2D eigenvalue weighted by Crippen LogP contribution is -2.42. The van der Waals surface area contributed by atoms with Crippen molar-refractivity contribution in [2.24, 2.45) is 0 Å². The van der Waals surface area contributed by atoms with Crippen LogP contribution in [0.2, 0.25) is 0 Å². The fourth-order valence-electron chi connectivity index (χ4n) is 3.51. The maximum Gasteiger partial charge on any atom is 0.410 e. The lowest BCUT2D eigenvalue weighted by molar-refractivity contribution is 0.0186. The van der Waals surface area contributed by atoms with Crippen molar-refractivity contribution < 1.29 is 18.7 Å². The zero-order valence-corrected chi connectivity index (χ0v) is 17.7. The van der Waals surface area contributed by atoms with Crippen molar-refractivity contribution in [1.82, 2.24) is 24.6 Å². The average Bonchev–Trinajstić information content (AvgIpc) is 3.14. The van der Waals surface area contributed by atoms with Crippen molar-refractivity contribution in [3.8, 4) is 11.6 Å². The molecule has 0 bridgehead atoms. The molecule has 1 fully saturated rings. The van der Waals surface area contributed by atoms with Gasteiger partial charge in [-0.15, -0.1) is 0 Å². The van der Waals surface area contributed by atoms with Crippen LogP contribution in [0.15, 0.2) is 30.7 Å². The highest BCUT2D eigenvalue weighted by molar-refractivity contribution is 5.80. The SMILES string of the molecule is CC(C)(C)OC(=O)N1CCC(n2ncc3c(Oc4ccc(N)cc4F)ncnc32)CC1. The summed E-state index contributed by atoms with van der Waals surface area (Å²) in [6.07, 6.45) is 4.09. The van der Waals surface area contributed by atoms with Crippen LogP contribution in [0.25, 0.3) is 11.0 Å². The minimum atomic E-state index is -0.575. The molecule has 1 amide bonds. The lowest BCUT2D eigenvalue weighted by atomic mass is 10.1. The Labute approximate surface area is 179 Å². The van der Waals surface area contributed by atoms with Crippen molar-refractivity contribution in [2.75, 3.05) is 18.8 Å². The van der Waals surface area contributed by atoms with Crippen LogP contribution in [0, 0.1) is 5.82 Å². The number of halogens is 1. The average molecular weight is 428 g/mol. The molecule has 1 aromatic carbocycles. The van der Waals surface area contributed by atoms with Crippen LogP contribution in [0.3, 0.4) is 0 Å². The number of nitrogen functional groups attached to an aromatic ring is 1. The molecule has 10 heteroatoms. The fraction of sp³-hybridized carbons (Fsp3) is 0.429.